The van der Waals surface area contributed by atoms with E-state index in [9.17, 15) is 25.3 Å². The minimum absolute atomic E-state index is 0.148. The maximum atomic E-state index is 12.4. The highest BCUT2D eigenvalue weighted by atomic mass is 16.6. The van der Waals surface area contributed by atoms with E-state index in [1.807, 2.05) is 0 Å². The first-order valence-corrected chi connectivity index (χ1v) is 7.65. The fourth-order valence-corrected chi connectivity index (χ4v) is 3.41. The van der Waals surface area contributed by atoms with Crippen molar-refractivity contribution >= 4 is 5.97 Å². The van der Waals surface area contributed by atoms with E-state index in [2.05, 4.69) is 0 Å². The summed E-state index contributed by atoms with van der Waals surface area (Å²) in [6, 6.07) is -0.591. The van der Waals surface area contributed by atoms with Crippen LogP contribution in [0.1, 0.15) is 27.2 Å². The normalized spacial score (nSPS) is 35.0. The lowest BCUT2D eigenvalue weighted by atomic mass is 9.85. The Morgan fingerprint density at radius 1 is 1.55 bits per heavy atom. The molecule has 0 radical (unpaired) electrons. The van der Waals surface area contributed by atoms with Crippen molar-refractivity contribution in [1.29, 1.82) is 0 Å². The summed E-state index contributed by atoms with van der Waals surface area (Å²) >= 11 is 0. The SMILES string of the molecule is CC(C)[C@](O)(C(=O)OCC1=CC[N+]2([O-])CC[C@H](O)[C@H]12)[C@@H](C)O. The minimum Gasteiger partial charge on any atom is -0.632 e. The largest absolute Gasteiger partial charge is 0.632 e. The number of nitrogens with zero attached hydrogens (tertiary/aromatic N) is 1. The van der Waals surface area contributed by atoms with Crippen LogP contribution in [0, 0.1) is 11.1 Å². The minimum atomic E-state index is -1.99. The van der Waals surface area contributed by atoms with Crippen LogP contribution in [0.15, 0.2) is 11.6 Å². The van der Waals surface area contributed by atoms with Crippen LogP contribution in [-0.4, -0.2) is 69.5 Å². The number of aliphatic hydroxyl groups is 3. The fourth-order valence-electron chi connectivity index (χ4n) is 3.41. The molecule has 22 heavy (non-hydrogen) atoms. The summed E-state index contributed by atoms with van der Waals surface area (Å²) in [4.78, 5) is 12.2. The summed E-state index contributed by atoms with van der Waals surface area (Å²) in [6.45, 7) is 5.02. The van der Waals surface area contributed by atoms with E-state index in [4.69, 9.17) is 4.74 Å². The number of ether oxygens (including phenoxy) is 1. The van der Waals surface area contributed by atoms with Gasteiger partial charge in [0.25, 0.3) is 0 Å². The third-order valence-corrected chi connectivity index (χ3v) is 4.93. The highest BCUT2D eigenvalue weighted by Gasteiger charge is 2.49. The molecule has 0 aliphatic carbocycles. The predicted molar refractivity (Wildman–Crippen MR) is 78.3 cm³/mol. The number of rotatable bonds is 5. The molecule has 0 aromatic rings. The molecule has 126 valence electrons. The number of carbonyl (C=O) groups is 1. The van der Waals surface area contributed by atoms with Gasteiger partial charge < -0.3 is 29.9 Å². The zero-order chi connectivity index (χ0) is 16.7. The third kappa shape index (κ3) is 2.68. The smallest absolute Gasteiger partial charge is 0.341 e. The van der Waals surface area contributed by atoms with Crippen LogP contribution in [0.4, 0.5) is 0 Å². The molecular formula is C15H25NO6. The predicted octanol–water partition coefficient (Wildman–Crippen LogP) is -0.315. The zero-order valence-corrected chi connectivity index (χ0v) is 13.2. The zero-order valence-electron chi connectivity index (χ0n) is 13.2. The van der Waals surface area contributed by atoms with Gasteiger partial charge in [0.05, 0.1) is 19.2 Å². The third-order valence-electron chi connectivity index (χ3n) is 4.93. The Hall–Kier alpha value is -0.990. The van der Waals surface area contributed by atoms with Gasteiger partial charge in [-0.1, -0.05) is 13.8 Å². The topological polar surface area (TPSA) is 110 Å². The van der Waals surface area contributed by atoms with Gasteiger partial charge in [0.2, 0.25) is 0 Å². The highest BCUT2D eigenvalue weighted by Crippen LogP contribution is 2.36. The molecule has 2 aliphatic heterocycles. The first kappa shape index (κ1) is 17.4. The van der Waals surface area contributed by atoms with Crippen molar-refractivity contribution in [1.82, 2.24) is 0 Å². The molecule has 0 saturated carbocycles. The van der Waals surface area contributed by atoms with Crippen LogP contribution in [0.25, 0.3) is 0 Å². The first-order valence-electron chi connectivity index (χ1n) is 7.65. The summed E-state index contributed by atoms with van der Waals surface area (Å²) in [5, 5.41) is 42.4. The number of hydroxylamine groups is 3. The number of carbonyl (C=O) groups excluding carboxylic acids is 1. The van der Waals surface area contributed by atoms with E-state index < -0.39 is 40.4 Å². The number of hydrogen-bond donors (Lipinski definition) is 3. The van der Waals surface area contributed by atoms with E-state index in [1.165, 1.54) is 6.92 Å². The molecule has 2 heterocycles. The standard InChI is InChI=1S/C15H25NO6/c1-9(2)15(20,10(3)17)14(19)22-8-11-4-6-16(21)7-5-12(18)13(11)16/h4,9-10,12-13,17-18,20H,5-8H2,1-3H3/t10-,12+,13+,15-,16?/m1/s1. The van der Waals surface area contributed by atoms with Gasteiger partial charge in [0.15, 0.2) is 5.60 Å². The molecule has 2 rings (SSSR count). The number of aliphatic hydroxyl groups excluding tert-OH is 2. The van der Waals surface area contributed by atoms with Gasteiger partial charge in [-0.05, 0) is 18.9 Å². The molecule has 0 spiro atoms. The van der Waals surface area contributed by atoms with Gasteiger partial charge in [0, 0.05) is 12.0 Å². The lowest BCUT2D eigenvalue weighted by molar-refractivity contribution is -0.877. The van der Waals surface area contributed by atoms with Gasteiger partial charge >= 0.3 is 5.97 Å². The van der Waals surface area contributed by atoms with Crippen LogP contribution in [0.2, 0.25) is 0 Å². The monoisotopic (exact) mass is 315 g/mol. The molecule has 0 aromatic carbocycles. The maximum Gasteiger partial charge on any atom is 0.341 e. The van der Waals surface area contributed by atoms with Crippen molar-refractivity contribution in [3.63, 3.8) is 0 Å². The molecular weight excluding hydrogens is 290 g/mol. The summed E-state index contributed by atoms with van der Waals surface area (Å²) in [5.74, 6) is -1.44. The Bertz CT molecular complexity index is 467. The second-order valence-electron chi connectivity index (χ2n) is 6.67. The van der Waals surface area contributed by atoms with Gasteiger partial charge in [-0.15, -0.1) is 0 Å². The molecule has 7 heteroatoms. The number of hydrogen-bond acceptors (Lipinski definition) is 6. The number of quaternary nitrogens is 1. The van der Waals surface area contributed by atoms with E-state index in [1.54, 1.807) is 19.9 Å². The van der Waals surface area contributed by atoms with Crippen molar-refractivity contribution in [3.05, 3.63) is 16.9 Å². The lowest BCUT2D eigenvalue weighted by Crippen LogP contribution is -2.53. The molecule has 0 aromatic heterocycles. The molecule has 1 unspecified atom stereocenters. The van der Waals surface area contributed by atoms with Crippen molar-refractivity contribution in [3.8, 4) is 0 Å². The van der Waals surface area contributed by atoms with E-state index in [0.717, 1.165) is 0 Å². The van der Waals surface area contributed by atoms with Crippen molar-refractivity contribution in [2.75, 3.05) is 19.7 Å². The molecule has 3 N–H and O–H groups in total. The second-order valence-corrected chi connectivity index (χ2v) is 6.67. The van der Waals surface area contributed by atoms with Gasteiger partial charge in [-0.25, -0.2) is 4.79 Å². The van der Waals surface area contributed by atoms with E-state index in [0.29, 0.717) is 18.5 Å². The van der Waals surface area contributed by atoms with Crippen LogP contribution in [-0.2, 0) is 9.53 Å². The lowest BCUT2D eigenvalue weighted by Gasteiger charge is -2.40. The molecule has 2 aliphatic rings. The number of esters is 1. The van der Waals surface area contributed by atoms with Gasteiger partial charge in [-0.3, -0.25) is 0 Å². The van der Waals surface area contributed by atoms with Crippen molar-refractivity contribution in [2.45, 2.75) is 51.0 Å². The highest BCUT2D eigenvalue weighted by molar-refractivity contribution is 5.80. The molecule has 0 bridgehead atoms. The quantitative estimate of drug-likeness (QED) is 0.278. The van der Waals surface area contributed by atoms with Crippen molar-refractivity contribution < 1.29 is 29.5 Å². The van der Waals surface area contributed by atoms with Crippen LogP contribution in [0.5, 0.6) is 0 Å². The van der Waals surface area contributed by atoms with E-state index in [-0.39, 0.29) is 13.2 Å². The van der Waals surface area contributed by atoms with Crippen LogP contribution < -0.4 is 0 Å². The van der Waals surface area contributed by atoms with Crippen LogP contribution in [0.3, 0.4) is 0 Å². The summed E-state index contributed by atoms with van der Waals surface area (Å²) in [7, 11) is 0. The molecule has 5 atom stereocenters. The average molecular weight is 315 g/mol. The fraction of sp³-hybridized carbons (Fsp3) is 0.800. The Morgan fingerprint density at radius 2 is 2.18 bits per heavy atom. The Labute approximate surface area is 130 Å². The molecule has 1 saturated heterocycles. The number of fused-ring (bicyclic) bond motifs is 1. The maximum absolute atomic E-state index is 12.4. The van der Waals surface area contributed by atoms with Gasteiger partial charge in [-0.2, -0.15) is 0 Å². The van der Waals surface area contributed by atoms with Crippen molar-refractivity contribution in [2.24, 2.45) is 5.92 Å². The molecule has 1 fully saturated rings. The van der Waals surface area contributed by atoms with E-state index >= 15 is 0 Å². The van der Waals surface area contributed by atoms with Crippen LogP contribution >= 0.6 is 0 Å². The Kier molecular flexibility index (Phi) is 4.66. The average Bonchev–Trinajstić information content (AvgIpc) is 2.92. The summed E-state index contributed by atoms with van der Waals surface area (Å²) < 4.78 is 4.64. The molecule has 0 amide bonds. The first-order chi connectivity index (χ1) is 10.1. The molecule has 7 nitrogen and oxygen atoms in total. The second kappa shape index (κ2) is 5.90. The summed E-state index contributed by atoms with van der Waals surface area (Å²) in [5.41, 5.74) is -1.40. The Morgan fingerprint density at radius 3 is 2.73 bits per heavy atom. The van der Waals surface area contributed by atoms with Gasteiger partial charge in [0.1, 0.15) is 18.8 Å². The Balaban J connectivity index is 2.03. The summed E-state index contributed by atoms with van der Waals surface area (Å²) in [6.07, 6.45) is 0.127.